The quantitative estimate of drug-likeness (QED) is 0.376. The summed E-state index contributed by atoms with van der Waals surface area (Å²) in [5.74, 6) is 0. The Morgan fingerprint density at radius 2 is 0.760 bits per heavy atom. The normalized spacial score (nSPS) is 17.0. The third-order valence-corrected chi connectivity index (χ3v) is 4.80. The van der Waals surface area contributed by atoms with E-state index in [1.165, 1.54) is 109 Å². The van der Waals surface area contributed by atoms with Crippen LogP contribution in [0.4, 0.5) is 0 Å². The maximum absolute atomic E-state index is 3.08. The molecule has 0 spiro atoms. The molecule has 0 saturated carbocycles. The van der Waals surface area contributed by atoms with Gasteiger partial charge < -0.3 is 0 Å². The molecule has 1 saturated heterocycles. The summed E-state index contributed by atoms with van der Waals surface area (Å²) in [6, 6.07) is 0. The van der Waals surface area contributed by atoms with Gasteiger partial charge in [-0.05, 0) is 12.8 Å². The van der Waals surface area contributed by atoms with Crippen LogP contribution in [0.5, 0.6) is 0 Å². The van der Waals surface area contributed by atoms with Crippen molar-refractivity contribution in [2.75, 3.05) is 13.1 Å². The number of unbranched alkanes of at least 4 members (excludes halogenated alkanes) is 10. The summed E-state index contributed by atoms with van der Waals surface area (Å²) in [7, 11) is 0. The highest BCUT2D eigenvalue weighted by Gasteiger charge is 1.93. The van der Waals surface area contributed by atoms with Crippen LogP contribution in [0, 0.1) is 0 Å². The second-order valence-electron chi connectivity index (χ2n) is 7.41. The van der Waals surface area contributed by atoms with Crippen LogP contribution in [-0.4, -0.2) is 13.1 Å². The van der Waals surface area contributed by atoms with Crippen LogP contribution in [0.3, 0.4) is 0 Å². The molecule has 1 aliphatic rings. The highest BCUT2D eigenvalue weighted by atomic mass is 15.7. The van der Waals surface area contributed by atoms with E-state index in [0.717, 1.165) is 13.1 Å². The van der Waals surface area contributed by atoms with Crippen LogP contribution >= 0.6 is 0 Å². The number of hydrazine groups is 3. The first kappa shape index (κ1) is 24.8. The third kappa shape index (κ3) is 23.8. The highest BCUT2D eigenvalue weighted by Crippen LogP contribution is 2.10. The van der Waals surface area contributed by atoms with Crippen LogP contribution in [-0.2, 0) is 0 Å². The lowest BCUT2D eigenvalue weighted by molar-refractivity contribution is 0.354. The fraction of sp³-hybridized carbons (Fsp3) is 1.00. The monoisotopic (exact) mass is 356 g/mol. The SMILES string of the molecule is C1CCCCNNNNCCC1.CCCCCCCCCCCCC. The summed E-state index contributed by atoms with van der Waals surface area (Å²) in [5.41, 5.74) is 11.9. The van der Waals surface area contributed by atoms with Crippen molar-refractivity contribution in [1.29, 1.82) is 0 Å². The van der Waals surface area contributed by atoms with Crippen LogP contribution < -0.4 is 21.9 Å². The van der Waals surface area contributed by atoms with Crippen LogP contribution in [0.15, 0.2) is 0 Å². The smallest absolute Gasteiger partial charge is 0.0113 e. The van der Waals surface area contributed by atoms with Crippen molar-refractivity contribution in [1.82, 2.24) is 21.9 Å². The Labute approximate surface area is 158 Å². The Balaban J connectivity index is 0.000000462. The van der Waals surface area contributed by atoms with E-state index in [0.29, 0.717) is 0 Å². The molecule has 4 heteroatoms. The second-order valence-corrected chi connectivity index (χ2v) is 7.41. The first-order valence-electron chi connectivity index (χ1n) is 11.4. The molecule has 4 nitrogen and oxygen atoms in total. The Morgan fingerprint density at radius 3 is 1.12 bits per heavy atom. The fourth-order valence-electron chi connectivity index (χ4n) is 3.08. The summed E-state index contributed by atoms with van der Waals surface area (Å²) in [6.45, 7) is 6.64. The van der Waals surface area contributed by atoms with Crippen LogP contribution in [0.2, 0.25) is 0 Å². The summed E-state index contributed by atoms with van der Waals surface area (Å²) >= 11 is 0. The topological polar surface area (TPSA) is 48.1 Å². The largest absolute Gasteiger partial charge is 0.243 e. The molecule has 0 aromatic rings. The second kappa shape index (κ2) is 23.8. The molecular weight excluding hydrogens is 308 g/mol. The van der Waals surface area contributed by atoms with Crippen LogP contribution in [0.25, 0.3) is 0 Å². The van der Waals surface area contributed by atoms with Crippen molar-refractivity contribution in [3.63, 3.8) is 0 Å². The maximum Gasteiger partial charge on any atom is 0.0113 e. The Kier molecular flexibility index (Phi) is 23.7. The van der Waals surface area contributed by atoms with Crippen molar-refractivity contribution in [3.8, 4) is 0 Å². The van der Waals surface area contributed by atoms with Crippen molar-refractivity contribution in [2.24, 2.45) is 0 Å². The lowest BCUT2D eigenvalue weighted by Crippen LogP contribution is -2.51. The van der Waals surface area contributed by atoms with E-state index >= 15 is 0 Å². The van der Waals surface area contributed by atoms with Gasteiger partial charge >= 0.3 is 0 Å². The Hall–Kier alpha value is -0.160. The third-order valence-electron chi connectivity index (χ3n) is 4.80. The van der Waals surface area contributed by atoms with Gasteiger partial charge in [0, 0.05) is 13.1 Å². The molecule has 4 N–H and O–H groups in total. The van der Waals surface area contributed by atoms with E-state index in [-0.39, 0.29) is 0 Å². The van der Waals surface area contributed by atoms with Gasteiger partial charge in [-0.25, -0.2) is 10.9 Å². The molecule has 1 fully saturated rings. The van der Waals surface area contributed by atoms with Gasteiger partial charge in [-0.3, -0.25) is 0 Å². The molecule has 25 heavy (non-hydrogen) atoms. The summed E-state index contributed by atoms with van der Waals surface area (Å²) in [4.78, 5) is 0. The molecule has 0 atom stereocenters. The molecule has 152 valence electrons. The molecule has 0 aromatic carbocycles. The average molecular weight is 357 g/mol. The molecule has 1 heterocycles. The van der Waals surface area contributed by atoms with Crippen molar-refractivity contribution in [3.05, 3.63) is 0 Å². The molecule has 0 unspecified atom stereocenters. The van der Waals surface area contributed by atoms with E-state index < -0.39 is 0 Å². The lowest BCUT2D eigenvalue weighted by Gasteiger charge is -2.11. The minimum Gasteiger partial charge on any atom is -0.243 e. The van der Waals surface area contributed by atoms with Gasteiger partial charge in [0.2, 0.25) is 0 Å². The number of nitrogens with one attached hydrogen (secondary N) is 4. The molecule has 0 aliphatic carbocycles. The van der Waals surface area contributed by atoms with Gasteiger partial charge in [0.1, 0.15) is 0 Å². The van der Waals surface area contributed by atoms with Gasteiger partial charge in [-0.2, -0.15) is 11.1 Å². The molecule has 1 aliphatic heterocycles. The molecular formula is C21H48N4. The van der Waals surface area contributed by atoms with Crippen molar-refractivity contribution >= 4 is 0 Å². The van der Waals surface area contributed by atoms with Gasteiger partial charge in [-0.15, -0.1) is 0 Å². The first-order valence-corrected chi connectivity index (χ1v) is 11.4. The Bertz CT molecular complexity index is 171. The zero-order chi connectivity index (χ0) is 18.3. The van der Waals surface area contributed by atoms with E-state index in [1.807, 2.05) is 0 Å². The average Bonchev–Trinajstić information content (AvgIpc) is 2.61. The zero-order valence-electron chi connectivity index (χ0n) is 17.4. The molecule has 0 amide bonds. The molecule has 1 rings (SSSR count). The molecule has 0 radical (unpaired) electrons. The standard InChI is InChI=1S/C13H28.C8H20N4/c1-3-5-7-9-11-13-12-10-8-6-4-2;1-2-4-6-8-10-12-11-9-7-5-3-1/h3-13H2,1-2H3;9-12H,1-8H2. The first-order chi connectivity index (χ1) is 12.4. The summed E-state index contributed by atoms with van der Waals surface area (Å²) in [6.07, 6.45) is 23.9. The summed E-state index contributed by atoms with van der Waals surface area (Å²) in [5, 5.41) is 0. The number of hydrogen-bond acceptors (Lipinski definition) is 4. The zero-order valence-corrected chi connectivity index (χ0v) is 17.4. The van der Waals surface area contributed by atoms with Gasteiger partial charge in [0.25, 0.3) is 0 Å². The highest BCUT2D eigenvalue weighted by molar-refractivity contribution is 4.49. The van der Waals surface area contributed by atoms with E-state index in [2.05, 4.69) is 35.8 Å². The predicted molar refractivity (Wildman–Crippen MR) is 112 cm³/mol. The Morgan fingerprint density at radius 1 is 0.440 bits per heavy atom. The van der Waals surface area contributed by atoms with Gasteiger partial charge in [0.05, 0.1) is 0 Å². The van der Waals surface area contributed by atoms with Crippen molar-refractivity contribution < 1.29 is 0 Å². The molecule has 0 aromatic heterocycles. The van der Waals surface area contributed by atoms with E-state index in [9.17, 15) is 0 Å². The minimum absolute atomic E-state index is 1.04. The maximum atomic E-state index is 3.08. The van der Waals surface area contributed by atoms with Gasteiger partial charge in [0.15, 0.2) is 0 Å². The minimum atomic E-state index is 1.04. The fourth-order valence-corrected chi connectivity index (χ4v) is 3.08. The van der Waals surface area contributed by atoms with E-state index in [4.69, 9.17) is 0 Å². The molecule has 0 bridgehead atoms. The van der Waals surface area contributed by atoms with Crippen LogP contribution in [0.1, 0.15) is 123 Å². The van der Waals surface area contributed by atoms with Crippen molar-refractivity contribution in [2.45, 2.75) is 123 Å². The number of rotatable bonds is 10. The van der Waals surface area contributed by atoms with E-state index in [1.54, 1.807) is 0 Å². The lowest BCUT2D eigenvalue weighted by atomic mass is 10.1. The predicted octanol–water partition coefficient (Wildman–Crippen LogP) is 5.76. The summed E-state index contributed by atoms with van der Waals surface area (Å²) < 4.78 is 0. The van der Waals surface area contributed by atoms with Gasteiger partial charge in [-0.1, -0.05) is 110 Å². The number of hydrogen-bond donors (Lipinski definition) is 4.